The molecule has 22 nitrogen and oxygen atoms in total. The standard InChI is InChI=1S/C50H68N12O10S2.C2H6/c1-27(52)41-49(71)57-38(21-29-11-5-4-6-12-29)46(68)62-42(28(2)63)50(72)58-37(22-30-16-18-33(64)19-17-30)45(67)60-39(47(69)56-35(43(53)65)15-9-10-20-51)25-73-74-26-40(48(70)61-41)59-44(66)36(54-3)24-32-23-31-13-7-8-14-34(31)55-32;1-2/h4-8,11-14,16-19,23,27-28,35-42,54-55,63-64H,9-10,15,20-22,24-26,51-52H2,1-3H3,(H2,53,65)(H,56,69)(H,57,71)(H,58,72)(H,59,66)(H,60,67)(H,61,70)(H,62,68);1-2H3. The average Bonchev–Trinajstić information content (AvgIpc) is 3.82. The summed E-state index contributed by atoms with van der Waals surface area (Å²) in [4.78, 5) is 116. The minimum atomic E-state index is -1.72. The molecule has 1 aliphatic rings. The number of benzene rings is 3. The van der Waals surface area contributed by atoms with Crippen LogP contribution in [0.1, 0.15) is 63.8 Å². The summed E-state index contributed by atoms with van der Waals surface area (Å²) in [6.07, 6.45) is -0.603. The molecule has 3 aromatic carbocycles. The Morgan fingerprint density at radius 3 is 1.89 bits per heavy atom. The predicted molar refractivity (Wildman–Crippen MR) is 294 cm³/mol. The quantitative estimate of drug-likeness (QED) is 0.0447. The molecule has 10 unspecified atom stereocenters. The zero-order valence-electron chi connectivity index (χ0n) is 43.4. The van der Waals surface area contributed by atoms with Crippen molar-refractivity contribution < 1.29 is 48.6 Å². The number of rotatable bonds is 18. The van der Waals surface area contributed by atoms with Crippen LogP contribution in [-0.4, -0.2) is 148 Å². The molecular weight excluding hydrogens is 1020 g/mol. The van der Waals surface area contributed by atoms with Gasteiger partial charge in [-0.1, -0.05) is 96.1 Å². The molecule has 0 bridgehead atoms. The number of nitrogens with one attached hydrogen (secondary N) is 9. The Morgan fingerprint density at radius 2 is 1.30 bits per heavy atom. The minimum Gasteiger partial charge on any atom is -0.508 e. The first-order valence-corrected chi connectivity index (χ1v) is 27.7. The number of aliphatic hydroxyl groups is 1. The van der Waals surface area contributed by atoms with E-state index in [1.807, 2.05) is 44.2 Å². The van der Waals surface area contributed by atoms with Gasteiger partial charge in [-0.15, -0.1) is 0 Å². The lowest BCUT2D eigenvalue weighted by Crippen LogP contribution is -2.64. The van der Waals surface area contributed by atoms with Gasteiger partial charge in [-0.05, 0) is 87.5 Å². The fourth-order valence-corrected chi connectivity index (χ4v) is 10.3. The summed E-state index contributed by atoms with van der Waals surface area (Å²) in [6.45, 7) is 7.03. The topological polar surface area (TPSA) is 367 Å². The number of nitrogens with two attached hydrogens (primary N) is 3. The first-order chi connectivity index (χ1) is 36.4. The predicted octanol–water partition coefficient (Wildman–Crippen LogP) is -0.353. The first-order valence-electron chi connectivity index (χ1n) is 25.2. The molecule has 0 radical (unpaired) electrons. The van der Waals surface area contributed by atoms with Gasteiger partial charge in [0.25, 0.3) is 0 Å². The van der Waals surface area contributed by atoms with Gasteiger partial charge in [0.15, 0.2) is 0 Å². The largest absolute Gasteiger partial charge is 0.508 e. The van der Waals surface area contributed by atoms with E-state index >= 15 is 0 Å². The summed E-state index contributed by atoms with van der Waals surface area (Å²) >= 11 is 0. The molecule has 10 atom stereocenters. The fourth-order valence-electron chi connectivity index (χ4n) is 7.99. The van der Waals surface area contributed by atoms with E-state index in [2.05, 4.69) is 47.5 Å². The third kappa shape index (κ3) is 19.1. The van der Waals surface area contributed by atoms with E-state index < -0.39 is 108 Å². The number of aromatic hydroxyl groups is 1. The van der Waals surface area contributed by atoms with E-state index in [1.54, 1.807) is 37.4 Å². The maximum atomic E-state index is 14.5. The molecule has 1 aliphatic heterocycles. The van der Waals surface area contributed by atoms with Crippen molar-refractivity contribution in [3.63, 3.8) is 0 Å². The molecule has 24 heteroatoms. The van der Waals surface area contributed by atoms with Crippen molar-refractivity contribution in [2.45, 2.75) is 127 Å². The number of hydrogen-bond acceptors (Lipinski definition) is 15. The van der Waals surface area contributed by atoms with Crippen LogP contribution in [0.15, 0.2) is 84.9 Å². The lowest BCUT2D eigenvalue weighted by molar-refractivity contribution is -0.137. The van der Waals surface area contributed by atoms with Crippen LogP contribution < -0.4 is 59.7 Å². The van der Waals surface area contributed by atoms with E-state index in [1.165, 1.54) is 38.1 Å². The van der Waals surface area contributed by atoms with Crippen LogP contribution in [0.2, 0.25) is 0 Å². The summed E-state index contributed by atoms with van der Waals surface area (Å²) in [5.74, 6) is -7.21. The van der Waals surface area contributed by atoms with Crippen molar-refractivity contribution in [2.24, 2.45) is 17.2 Å². The highest BCUT2D eigenvalue weighted by Crippen LogP contribution is 2.24. The van der Waals surface area contributed by atoms with Crippen molar-refractivity contribution in [1.82, 2.24) is 47.5 Å². The Labute approximate surface area is 450 Å². The second kappa shape index (κ2) is 31.4. The number of H-pyrrole nitrogens is 1. The van der Waals surface area contributed by atoms with Crippen LogP contribution in [-0.2, 0) is 57.6 Å². The van der Waals surface area contributed by atoms with Crippen LogP contribution >= 0.6 is 21.6 Å². The number of aliphatic hydroxyl groups excluding tert-OH is 1. The highest BCUT2D eigenvalue weighted by Gasteiger charge is 2.37. The number of hydrogen-bond donors (Lipinski definition) is 14. The molecule has 0 spiro atoms. The molecule has 1 aromatic heterocycles. The maximum Gasteiger partial charge on any atom is 0.245 e. The third-order valence-corrected chi connectivity index (χ3v) is 14.6. The molecule has 76 heavy (non-hydrogen) atoms. The van der Waals surface area contributed by atoms with Gasteiger partial charge in [0, 0.05) is 48.0 Å². The monoisotopic (exact) mass is 1090 g/mol. The first kappa shape index (κ1) is 61.8. The molecule has 1 saturated heterocycles. The number of para-hydroxylation sites is 1. The smallest absolute Gasteiger partial charge is 0.245 e. The van der Waals surface area contributed by atoms with Crippen LogP contribution in [0.25, 0.3) is 10.9 Å². The molecule has 5 rings (SSSR count). The SMILES string of the molecule is CC.CNC(Cc1cc2ccccc2[nH]1)C(=O)NC1CSSCC(C(=O)NC(CCCCN)C(N)=O)NC(=O)C(Cc2ccc(O)cc2)NC(=O)C(C(C)O)NC(=O)C(Cc2ccccc2)NC(=O)C(C(C)N)NC1=O. The molecule has 4 aromatic rings. The van der Waals surface area contributed by atoms with Gasteiger partial charge in [-0.2, -0.15) is 0 Å². The molecule has 8 amide bonds. The number of unbranched alkanes of at least 4 members (excludes halogenated alkanes) is 1. The molecule has 0 aliphatic carbocycles. The van der Waals surface area contributed by atoms with Gasteiger partial charge in [-0.3, -0.25) is 38.4 Å². The van der Waals surface area contributed by atoms with E-state index in [9.17, 15) is 48.6 Å². The highest BCUT2D eigenvalue weighted by atomic mass is 33.1. The molecule has 17 N–H and O–H groups in total. The Hall–Kier alpha value is -6.70. The van der Waals surface area contributed by atoms with Crippen LogP contribution in [0.3, 0.4) is 0 Å². The number of carbonyl (C=O) groups is 8. The van der Waals surface area contributed by atoms with Gasteiger partial charge < -0.3 is 74.9 Å². The van der Waals surface area contributed by atoms with Crippen molar-refractivity contribution >= 4 is 79.7 Å². The number of primary amides is 1. The van der Waals surface area contributed by atoms with E-state index in [-0.39, 0.29) is 42.9 Å². The Kier molecular flexibility index (Phi) is 25.5. The average molecular weight is 1090 g/mol. The van der Waals surface area contributed by atoms with Gasteiger partial charge in [0.2, 0.25) is 47.3 Å². The van der Waals surface area contributed by atoms with E-state index in [0.717, 1.165) is 38.2 Å². The van der Waals surface area contributed by atoms with Crippen molar-refractivity contribution in [3.8, 4) is 5.75 Å². The Morgan fingerprint density at radius 1 is 0.724 bits per heavy atom. The fraction of sp³-hybridized carbons (Fsp3) is 0.462. The maximum absolute atomic E-state index is 14.5. The summed E-state index contributed by atoms with van der Waals surface area (Å²) < 4.78 is 0. The number of phenols is 1. The number of amides is 8. The molecule has 2 heterocycles. The number of aromatic nitrogens is 1. The van der Waals surface area contributed by atoms with Crippen LogP contribution in [0.4, 0.5) is 0 Å². The van der Waals surface area contributed by atoms with Crippen molar-refractivity contribution in [3.05, 3.63) is 102 Å². The Bertz CT molecular complexity index is 2520. The third-order valence-electron chi connectivity index (χ3n) is 12.2. The molecular formula is C52H74N12O10S2. The van der Waals surface area contributed by atoms with E-state index in [4.69, 9.17) is 17.2 Å². The Balaban J connectivity index is 0.00000616. The minimum absolute atomic E-state index is 0.0760. The molecule has 414 valence electrons. The second-order valence-corrected chi connectivity index (χ2v) is 20.7. The summed E-state index contributed by atoms with van der Waals surface area (Å²) in [5, 5.41) is 43.4. The molecule has 0 saturated carbocycles. The number of likely N-dealkylation sites (N-methyl/N-ethyl adjacent to an activating group) is 1. The number of phenolic OH excluding ortho intramolecular Hbond substituents is 1. The lowest BCUT2D eigenvalue weighted by Gasteiger charge is -2.30. The number of carbonyl (C=O) groups excluding carboxylic acids is 8. The van der Waals surface area contributed by atoms with E-state index in [0.29, 0.717) is 30.5 Å². The number of fused-ring (bicyclic) bond motifs is 1. The van der Waals surface area contributed by atoms with Crippen LogP contribution in [0, 0.1) is 0 Å². The zero-order chi connectivity index (χ0) is 55.9. The number of aromatic amines is 1. The lowest BCUT2D eigenvalue weighted by atomic mass is 10.0. The normalized spacial score (nSPS) is 21.8. The summed E-state index contributed by atoms with van der Waals surface area (Å²) in [6, 6.07) is 11.9. The zero-order valence-corrected chi connectivity index (χ0v) is 45.1. The van der Waals surface area contributed by atoms with Gasteiger partial charge >= 0.3 is 0 Å². The molecule has 1 fully saturated rings. The van der Waals surface area contributed by atoms with Crippen molar-refractivity contribution in [2.75, 3.05) is 25.1 Å². The highest BCUT2D eigenvalue weighted by molar-refractivity contribution is 8.76. The second-order valence-electron chi connectivity index (χ2n) is 18.1. The van der Waals surface area contributed by atoms with Crippen molar-refractivity contribution in [1.29, 1.82) is 0 Å². The van der Waals surface area contributed by atoms with Gasteiger partial charge in [0.05, 0.1) is 12.1 Å². The van der Waals surface area contributed by atoms with Gasteiger partial charge in [0.1, 0.15) is 48.0 Å². The van der Waals surface area contributed by atoms with Gasteiger partial charge in [-0.25, -0.2) is 0 Å². The van der Waals surface area contributed by atoms with Crippen LogP contribution in [0.5, 0.6) is 5.75 Å². The summed E-state index contributed by atoms with van der Waals surface area (Å²) in [7, 11) is 3.66. The summed E-state index contributed by atoms with van der Waals surface area (Å²) in [5.41, 5.74) is 20.3.